The molecule has 0 N–H and O–H groups in total. The minimum atomic E-state index is 0.0849. The molecule has 1 aromatic heterocycles. The maximum absolute atomic E-state index is 12.9. The zero-order valence-corrected chi connectivity index (χ0v) is 12.4. The lowest BCUT2D eigenvalue weighted by molar-refractivity contribution is 0.0533. The predicted molar refractivity (Wildman–Crippen MR) is 81.6 cm³/mol. The van der Waals surface area contributed by atoms with E-state index in [1.165, 1.54) is 0 Å². The van der Waals surface area contributed by atoms with Gasteiger partial charge < -0.3 is 9.80 Å². The summed E-state index contributed by atoms with van der Waals surface area (Å²) in [5.74, 6) is 0.0849. The summed E-state index contributed by atoms with van der Waals surface area (Å²) in [6, 6.07) is 9.73. The van der Waals surface area contributed by atoms with Crippen molar-refractivity contribution in [2.24, 2.45) is 0 Å². The molecule has 1 aliphatic heterocycles. The Bertz CT molecular complexity index is 623. The Morgan fingerprint density at radius 3 is 2.76 bits per heavy atom. The summed E-state index contributed by atoms with van der Waals surface area (Å²) in [7, 11) is 2.09. The van der Waals surface area contributed by atoms with Gasteiger partial charge in [0.15, 0.2) is 0 Å². The molecule has 0 radical (unpaired) electrons. The molecule has 21 heavy (non-hydrogen) atoms. The zero-order chi connectivity index (χ0) is 14.8. The van der Waals surface area contributed by atoms with E-state index < -0.39 is 0 Å². The van der Waals surface area contributed by atoms with Crippen molar-refractivity contribution in [3.05, 3.63) is 48.3 Å². The summed E-state index contributed by atoms with van der Waals surface area (Å²) >= 11 is 0. The van der Waals surface area contributed by atoms with Gasteiger partial charge in [-0.05, 0) is 32.2 Å². The van der Waals surface area contributed by atoms with Crippen LogP contribution in [0.2, 0.25) is 0 Å². The fourth-order valence-electron chi connectivity index (χ4n) is 2.86. The van der Waals surface area contributed by atoms with Gasteiger partial charge in [0.2, 0.25) is 0 Å². The van der Waals surface area contributed by atoms with Gasteiger partial charge >= 0.3 is 0 Å². The third kappa shape index (κ3) is 2.69. The molecule has 1 aliphatic rings. The van der Waals surface area contributed by atoms with Gasteiger partial charge in [-0.2, -0.15) is 5.10 Å². The lowest BCUT2D eigenvalue weighted by atomic mass is 10.1. The summed E-state index contributed by atoms with van der Waals surface area (Å²) in [6.07, 6.45) is 3.58. The van der Waals surface area contributed by atoms with E-state index >= 15 is 0 Å². The molecule has 0 saturated carbocycles. The second kappa shape index (κ2) is 5.69. The number of para-hydroxylation sites is 1. The standard InChI is InChI=1S/C16H20N4O/c1-13-12-18(2)10-11-19(13)16(21)14-6-3-4-7-15(14)20-9-5-8-17-20/h3-9,13H,10-12H2,1-2H3. The van der Waals surface area contributed by atoms with Crippen molar-refractivity contribution in [2.75, 3.05) is 26.7 Å². The van der Waals surface area contributed by atoms with Crippen molar-refractivity contribution in [3.63, 3.8) is 0 Å². The lowest BCUT2D eigenvalue weighted by Crippen LogP contribution is -2.52. The van der Waals surface area contributed by atoms with Gasteiger partial charge in [-0.15, -0.1) is 0 Å². The Kier molecular flexibility index (Phi) is 3.75. The number of nitrogens with zero attached hydrogens (tertiary/aromatic N) is 4. The van der Waals surface area contributed by atoms with Crippen LogP contribution < -0.4 is 0 Å². The highest BCUT2D eigenvalue weighted by Crippen LogP contribution is 2.19. The van der Waals surface area contributed by atoms with Crippen molar-refractivity contribution in [2.45, 2.75) is 13.0 Å². The van der Waals surface area contributed by atoms with Gasteiger partial charge in [0.25, 0.3) is 5.91 Å². The summed E-state index contributed by atoms with van der Waals surface area (Å²) in [6.45, 7) is 4.70. The van der Waals surface area contributed by atoms with Crippen LogP contribution in [0.3, 0.4) is 0 Å². The molecule has 5 nitrogen and oxygen atoms in total. The van der Waals surface area contributed by atoms with E-state index in [-0.39, 0.29) is 11.9 Å². The van der Waals surface area contributed by atoms with E-state index in [1.54, 1.807) is 10.9 Å². The first-order chi connectivity index (χ1) is 10.2. The maximum Gasteiger partial charge on any atom is 0.256 e. The van der Waals surface area contributed by atoms with Crippen LogP contribution in [0.15, 0.2) is 42.7 Å². The van der Waals surface area contributed by atoms with Crippen molar-refractivity contribution in [1.82, 2.24) is 19.6 Å². The molecule has 1 aromatic carbocycles. The first kappa shape index (κ1) is 13.8. The number of hydrogen-bond acceptors (Lipinski definition) is 3. The van der Waals surface area contributed by atoms with Crippen LogP contribution in [-0.4, -0.2) is 58.2 Å². The molecular weight excluding hydrogens is 264 g/mol. The predicted octanol–water partition coefficient (Wildman–Crippen LogP) is 1.65. The monoisotopic (exact) mass is 284 g/mol. The van der Waals surface area contributed by atoms with Gasteiger partial charge in [-0.3, -0.25) is 4.79 Å². The molecule has 1 unspecified atom stereocenters. The van der Waals surface area contributed by atoms with Crippen molar-refractivity contribution >= 4 is 5.91 Å². The molecule has 110 valence electrons. The van der Waals surface area contributed by atoms with Gasteiger partial charge in [-0.25, -0.2) is 4.68 Å². The molecule has 2 aromatic rings. The van der Waals surface area contributed by atoms with Crippen molar-refractivity contribution < 1.29 is 4.79 Å². The van der Waals surface area contributed by atoms with Crippen LogP contribution in [0.4, 0.5) is 0 Å². The number of carbonyl (C=O) groups excluding carboxylic acids is 1. The van der Waals surface area contributed by atoms with Gasteiger partial charge in [0.1, 0.15) is 0 Å². The summed E-state index contributed by atoms with van der Waals surface area (Å²) in [4.78, 5) is 17.1. The van der Waals surface area contributed by atoms with Gasteiger partial charge in [0.05, 0.1) is 11.3 Å². The fourth-order valence-corrected chi connectivity index (χ4v) is 2.86. The van der Waals surface area contributed by atoms with Gasteiger partial charge in [-0.1, -0.05) is 12.1 Å². The summed E-state index contributed by atoms with van der Waals surface area (Å²) in [5, 5.41) is 4.24. The third-order valence-corrected chi connectivity index (χ3v) is 3.98. The van der Waals surface area contributed by atoms with E-state index in [2.05, 4.69) is 24.0 Å². The first-order valence-corrected chi connectivity index (χ1v) is 7.25. The smallest absolute Gasteiger partial charge is 0.256 e. The molecule has 5 heteroatoms. The number of carbonyl (C=O) groups is 1. The SMILES string of the molecule is CC1CN(C)CCN1C(=O)c1ccccc1-n1cccn1. The van der Waals surface area contributed by atoms with E-state index in [0.717, 1.165) is 25.3 Å². The zero-order valence-electron chi connectivity index (χ0n) is 12.4. The Labute approximate surface area is 124 Å². The number of rotatable bonds is 2. The van der Waals surface area contributed by atoms with E-state index in [1.807, 2.05) is 41.4 Å². The quantitative estimate of drug-likeness (QED) is 0.842. The van der Waals surface area contributed by atoms with E-state index in [0.29, 0.717) is 5.56 Å². The minimum absolute atomic E-state index is 0.0849. The molecule has 0 spiro atoms. The molecule has 1 saturated heterocycles. The maximum atomic E-state index is 12.9. The molecule has 0 bridgehead atoms. The van der Waals surface area contributed by atoms with E-state index in [9.17, 15) is 4.79 Å². The normalized spacial score (nSPS) is 19.7. The highest BCUT2D eigenvalue weighted by atomic mass is 16.2. The Morgan fingerprint density at radius 1 is 1.24 bits per heavy atom. The molecule has 1 amide bonds. The topological polar surface area (TPSA) is 41.4 Å². The molecule has 0 aliphatic carbocycles. The molecule has 1 atom stereocenters. The minimum Gasteiger partial charge on any atom is -0.333 e. The highest BCUT2D eigenvalue weighted by molar-refractivity contribution is 5.98. The lowest BCUT2D eigenvalue weighted by Gasteiger charge is -2.38. The van der Waals surface area contributed by atoms with Gasteiger partial charge in [0, 0.05) is 38.1 Å². The number of aromatic nitrogens is 2. The Balaban J connectivity index is 1.92. The van der Waals surface area contributed by atoms with Crippen LogP contribution in [0.25, 0.3) is 5.69 Å². The number of hydrogen-bond donors (Lipinski definition) is 0. The molecule has 2 heterocycles. The molecule has 3 rings (SSSR count). The highest BCUT2D eigenvalue weighted by Gasteiger charge is 2.28. The van der Waals surface area contributed by atoms with E-state index in [4.69, 9.17) is 0 Å². The average molecular weight is 284 g/mol. The molecule has 1 fully saturated rings. The molecular formula is C16H20N4O. The first-order valence-electron chi connectivity index (χ1n) is 7.25. The Morgan fingerprint density at radius 2 is 2.05 bits per heavy atom. The summed E-state index contributed by atoms with van der Waals surface area (Å²) < 4.78 is 1.74. The van der Waals surface area contributed by atoms with Crippen LogP contribution in [-0.2, 0) is 0 Å². The second-order valence-corrected chi connectivity index (χ2v) is 5.58. The Hall–Kier alpha value is -2.14. The van der Waals surface area contributed by atoms with Crippen LogP contribution >= 0.6 is 0 Å². The second-order valence-electron chi connectivity index (χ2n) is 5.58. The van der Waals surface area contributed by atoms with Crippen molar-refractivity contribution in [1.29, 1.82) is 0 Å². The van der Waals surface area contributed by atoms with Crippen LogP contribution in [0.1, 0.15) is 17.3 Å². The largest absolute Gasteiger partial charge is 0.333 e. The van der Waals surface area contributed by atoms with Crippen LogP contribution in [0, 0.1) is 0 Å². The fraction of sp³-hybridized carbons (Fsp3) is 0.375. The average Bonchev–Trinajstić information content (AvgIpc) is 3.01. The van der Waals surface area contributed by atoms with Crippen molar-refractivity contribution in [3.8, 4) is 5.69 Å². The third-order valence-electron chi connectivity index (χ3n) is 3.98. The van der Waals surface area contributed by atoms with Crippen LogP contribution in [0.5, 0.6) is 0 Å². The summed E-state index contributed by atoms with van der Waals surface area (Å²) in [5.41, 5.74) is 1.54. The number of benzene rings is 1. The number of likely N-dealkylation sites (N-methyl/N-ethyl adjacent to an activating group) is 1. The number of piperazine rings is 1. The number of amides is 1.